The zero-order chi connectivity index (χ0) is 17.8. The van der Waals surface area contributed by atoms with Crippen molar-refractivity contribution in [2.45, 2.75) is 46.1 Å². The van der Waals surface area contributed by atoms with Crippen LogP contribution in [0.15, 0.2) is 0 Å². The fourth-order valence-corrected chi connectivity index (χ4v) is 4.59. The van der Waals surface area contributed by atoms with Gasteiger partial charge in [-0.05, 0) is 32.6 Å². The molecule has 2 aliphatic heterocycles. The summed E-state index contributed by atoms with van der Waals surface area (Å²) in [6, 6.07) is 0. The van der Waals surface area contributed by atoms with Crippen LogP contribution >= 0.6 is 11.3 Å². The summed E-state index contributed by atoms with van der Waals surface area (Å²) in [6.07, 6.45) is 3.77. The minimum atomic E-state index is -0.135. The van der Waals surface area contributed by atoms with Gasteiger partial charge in [0, 0.05) is 31.1 Å². The fourth-order valence-electron chi connectivity index (χ4n) is 3.64. The van der Waals surface area contributed by atoms with Crippen LogP contribution in [-0.2, 0) is 22.6 Å². The highest BCUT2D eigenvalue weighted by atomic mass is 32.1. The van der Waals surface area contributed by atoms with E-state index >= 15 is 0 Å². The number of hydrogen-bond donors (Lipinski definition) is 2. The topological polar surface area (TPSA) is 74.3 Å². The Hall–Kier alpha value is -1.47. The summed E-state index contributed by atoms with van der Waals surface area (Å²) >= 11 is 1.67. The largest absolute Gasteiger partial charge is 0.351 e. The Morgan fingerprint density at radius 1 is 1.28 bits per heavy atom. The first-order valence-electron chi connectivity index (χ1n) is 9.30. The second kappa shape index (κ2) is 8.27. The summed E-state index contributed by atoms with van der Waals surface area (Å²) in [4.78, 5) is 32.7. The number of amides is 2. The van der Waals surface area contributed by atoms with Crippen molar-refractivity contribution in [3.05, 3.63) is 15.6 Å². The highest BCUT2D eigenvalue weighted by Gasteiger charge is 2.34. The number of carbonyl (C=O) groups is 2. The molecule has 2 amide bonds. The minimum Gasteiger partial charge on any atom is -0.351 e. The van der Waals surface area contributed by atoms with Crippen LogP contribution in [0.1, 0.15) is 41.8 Å². The molecule has 25 heavy (non-hydrogen) atoms. The number of aromatic nitrogens is 1. The number of hydrogen-bond acceptors (Lipinski definition) is 5. The summed E-state index contributed by atoms with van der Waals surface area (Å²) in [5.74, 6) is 0.0503. The van der Waals surface area contributed by atoms with E-state index in [1.165, 1.54) is 0 Å². The van der Waals surface area contributed by atoms with Crippen molar-refractivity contribution < 1.29 is 9.59 Å². The first-order valence-corrected chi connectivity index (χ1v) is 10.1. The number of rotatable bonds is 5. The maximum absolute atomic E-state index is 12.6. The molecule has 0 bridgehead atoms. The molecule has 0 radical (unpaired) electrons. The lowest BCUT2D eigenvalue weighted by Crippen LogP contribution is -2.48. The van der Waals surface area contributed by atoms with Gasteiger partial charge in [0.15, 0.2) is 0 Å². The maximum atomic E-state index is 12.6. The zero-order valence-corrected chi connectivity index (χ0v) is 16.0. The molecule has 138 valence electrons. The lowest BCUT2D eigenvalue weighted by atomic mass is 9.89. The Morgan fingerprint density at radius 3 is 2.68 bits per heavy atom. The summed E-state index contributed by atoms with van der Waals surface area (Å²) in [6.45, 7) is 7.69. The Morgan fingerprint density at radius 2 is 2.00 bits per heavy atom. The van der Waals surface area contributed by atoms with Gasteiger partial charge in [-0.1, -0.05) is 6.92 Å². The highest BCUT2D eigenvalue weighted by Crippen LogP contribution is 2.22. The third-order valence-electron chi connectivity index (χ3n) is 5.15. The van der Waals surface area contributed by atoms with Gasteiger partial charge in [-0.15, -0.1) is 11.3 Å². The standard InChI is InChI=1S/C18H28N4O2S/c1-3-16-21-12(2)15(25-16)11-20-17(23)13-8-14(10-19-9-13)18(24)22-6-4-5-7-22/h13-14,19H,3-11H2,1-2H3,(H,20,23)/t13-,14-/m0/s1. The van der Waals surface area contributed by atoms with Crippen LogP contribution in [0.3, 0.4) is 0 Å². The average Bonchev–Trinajstić information content (AvgIpc) is 3.29. The number of thiazole rings is 1. The van der Waals surface area contributed by atoms with E-state index in [9.17, 15) is 9.59 Å². The van der Waals surface area contributed by atoms with Gasteiger partial charge in [0.25, 0.3) is 0 Å². The molecule has 2 N–H and O–H groups in total. The molecule has 3 rings (SSSR count). The van der Waals surface area contributed by atoms with Crippen molar-refractivity contribution >= 4 is 23.2 Å². The SMILES string of the molecule is CCc1nc(C)c(CNC(=O)[C@@H]2CNC[C@@H](C(=O)N3CCCC3)C2)s1. The molecular formula is C18H28N4O2S. The van der Waals surface area contributed by atoms with Crippen LogP contribution in [0.5, 0.6) is 0 Å². The molecule has 2 atom stereocenters. The van der Waals surface area contributed by atoms with Crippen LogP contribution in [0, 0.1) is 18.8 Å². The molecule has 0 aromatic carbocycles. The molecule has 2 fully saturated rings. The van der Waals surface area contributed by atoms with Crippen LogP contribution in [-0.4, -0.2) is 47.9 Å². The number of nitrogens with zero attached hydrogens (tertiary/aromatic N) is 2. The Bertz CT molecular complexity index is 625. The molecule has 0 unspecified atom stereocenters. The molecule has 2 saturated heterocycles. The van der Waals surface area contributed by atoms with E-state index < -0.39 is 0 Å². The predicted molar refractivity (Wildman–Crippen MR) is 98.4 cm³/mol. The number of likely N-dealkylation sites (tertiary alicyclic amines) is 1. The summed E-state index contributed by atoms with van der Waals surface area (Å²) < 4.78 is 0. The molecule has 0 spiro atoms. The van der Waals surface area contributed by atoms with Gasteiger partial charge in [-0.2, -0.15) is 0 Å². The molecule has 0 saturated carbocycles. The molecule has 0 aliphatic carbocycles. The van der Waals surface area contributed by atoms with E-state index in [4.69, 9.17) is 0 Å². The molecule has 7 heteroatoms. The third kappa shape index (κ3) is 4.39. The Balaban J connectivity index is 1.52. The summed E-state index contributed by atoms with van der Waals surface area (Å²) in [5.41, 5.74) is 1.01. The van der Waals surface area contributed by atoms with E-state index in [0.717, 1.165) is 47.9 Å². The second-order valence-electron chi connectivity index (χ2n) is 7.01. The quantitative estimate of drug-likeness (QED) is 0.830. The van der Waals surface area contributed by atoms with Gasteiger partial charge < -0.3 is 15.5 Å². The molecule has 2 aliphatic rings. The molecule has 1 aromatic heterocycles. The van der Waals surface area contributed by atoms with E-state index in [1.54, 1.807) is 11.3 Å². The van der Waals surface area contributed by atoms with Gasteiger partial charge in [-0.25, -0.2) is 4.98 Å². The molecule has 3 heterocycles. The predicted octanol–water partition coefficient (Wildman–Crippen LogP) is 1.48. The van der Waals surface area contributed by atoms with Gasteiger partial charge in [0.05, 0.1) is 29.1 Å². The highest BCUT2D eigenvalue weighted by molar-refractivity contribution is 7.11. The van der Waals surface area contributed by atoms with E-state index in [1.807, 2.05) is 11.8 Å². The number of aryl methyl sites for hydroxylation is 2. The lowest BCUT2D eigenvalue weighted by Gasteiger charge is -2.31. The van der Waals surface area contributed by atoms with Gasteiger partial charge in [0.2, 0.25) is 11.8 Å². The van der Waals surface area contributed by atoms with Crippen molar-refractivity contribution in [2.75, 3.05) is 26.2 Å². The Labute approximate surface area is 153 Å². The van der Waals surface area contributed by atoms with E-state index in [-0.39, 0.29) is 23.7 Å². The van der Waals surface area contributed by atoms with Crippen molar-refractivity contribution in [3.8, 4) is 0 Å². The van der Waals surface area contributed by atoms with Crippen molar-refractivity contribution in [2.24, 2.45) is 11.8 Å². The number of carbonyl (C=O) groups excluding carboxylic acids is 2. The van der Waals surface area contributed by atoms with Crippen LogP contribution in [0.2, 0.25) is 0 Å². The van der Waals surface area contributed by atoms with E-state index in [2.05, 4.69) is 22.5 Å². The van der Waals surface area contributed by atoms with E-state index in [0.29, 0.717) is 26.1 Å². The van der Waals surface area contributed by atoms with Gasteiger partial charge in [-0.3, -0.25) is 9.59 Å². The minimum absolute atomic E-state index is 0.0391. The molecule has 6 nitrogen and oxygen atoms in total. The molecular weight excluding hydrogens is 336 g/mol. The van der Waals surface area contributed by atoms with Gasteiger partial charge in [0.1, 0.15) is 0 Å². The van der Waals surface area contributed by atoms with Crippen LogP contribution in [0.25, 0.3) is 0 Å². The molecule has 1 aromatic rings. The average molecular weight is 365 g/mol. The first-order chi connectivity index (χ1) is 12.1. The summed E-state index contributed by atoms with van der Waals surface area (Å²) in [7, 11) is 0. The normalized spacial score (nSPS) is 23.7. The second-order valence-corrected chi connectivity index (χ2v) is 8.18. The lowest BCUT2D eigenvalue weighted by molar-refractivity contribution is -0.136. The van der Waals surface area contributed by atoms with Crippen molar-refractivity contribution in [1.82, 2.24) is 20.5 Å². The summed E-state index contributed by atoms with van der Waals surface area (Å²) in [5, 5.41) is 7.43. The fraction of sp³-hybridized carbons (Fsp3) is 0.722. The Kier molecular flexibility index (Phi) is 6.06. The maximum Gasteiger partial charge on any atom is 0.226 e. The van der Waals surface area contributed by atoms with Crippen LogP contribution < -0.4 is 10.6 Å². The van der Waals surface area contributed by atoms with Crippen molar-refractivity contribution in [3.63, 3.8) is 0 Å². The van der Waals surface area contributed by atoms with Crippen molar-refractivity contribution in [1.29, 1.82) is 0 Å². The monoisotopic (exact) mass is 364 g/mol. The first kappa shape index (κ1) is 18.3. The number of nitrogens with one attached hydrogen (secondary N) is 2. The third-order valence-corrected chi connectivity index (χ3v) is 6.45. The smallest absolute Gasteiger partial charge is 0.226 e. The van der Waals surface area contributed by atoms with Gasteiger partial charge >= 0.3 is 0 Å². The zero-order valence-electron chi connectivity index (χ0n) is 15.1. The number of piperidine rings is 1. The van der Waals surface area contributed by atoms with Crippen LogP contribution in [0.4, 0.5) is 0 Å².